The van der Waals surface area contributed by atoms with Gasteiger partial charge in [0.05, 0.1) is 5.41 Å². The van der Waals surface area contributed by atoms with Gasteiger partial charge < -0.3 is 5.32 Å². The normalized spacial score (nSPS) is 29.0. The molecule has 1 atom stereocenters. The summed E-state index contributed by atoms with van der Waals surface area (Å²) in [5, 5.41) is 13.6. The van der Waals surface area contributed by atoms with E-state index in [1.807, 2.05) is 6.92 Å². The highest BCUT2D eigenvalue weighted by molar-refractivity contribution is 5.83. The first-order valence-corrected chi connectivity index (χ1v) is 4.09. The molecule has 1 amide bonds. The fourth-order valence-corrected chi connectivity index (χ4v) is 1.45. The van der Waals surface area contributed by atoms with Gasteiger partial charge in [0.15, 0.2) is 6.19 Å². The molecule has 1 heterocycles. The molecule has 1 fully saturated rings. The highest BCUT2D eigenvalue weighted by atomic mass is 16.2. The molecule has 66 valence electrons. The Balaban J connectivity index is 2.57. The van der Waals surface area contributed by atoms with E-state index in [2.05, 4.69) is 10.6 Å². The lowest BCUT2D eigenvalue weighted by atomic mass is 9.82. The van der Waals surface area contributed by atoms with Crippen LogP contribution in [0.3, 0.4) is 0 Å². The van der Waals surface area contributed by atoms with E-state index in [1.54, 1.807) is 6.19 Å². The molecule has 0 radical (unpaired) electrons. The molecular formula is C8H13N3O. The molecule has 0 aliphatic carbocycles. The Hall–Kier alpha value is -1.08. The molecule has 0 aromatic carbocycles. The maximum atomic E-state index is 11.3. The predicted molar refractivity (Wildman–Crippen MR) is 44.0 cm³/mol. The number of nitrogens with one attached hydrogen (secondary N) is 2. The second-order valence-corrected chi connectivity index (χ2v) is 3.41. The van der Waals surface area contributed by atoms with Crippen molar-refractivity contribution >= 4 is 5.91 Å². The van der Waals surface area contributed by atoms with Crippen LogP contribution < -0.4 is 10.6 Å². The van der Waals surface area contributed by atoms with Crippen molar-refractivity contribution in [3.05, 3.63) is 0 Å². The van der Waals surface area contributed by atoms with Crippen LogP contribution in [0.1, 0.15) is 19.8 Å². The number of carbonyl (C=O) groups is 1. The quantitative estimate of drug-likeness (QED) is 0.426. The summed E-state index contributed by atoms with van der Waals surface area (Å²) in [7, 11) is 0. The number of nitriles is 1. The van der Waals surface area contributed by atoms with Gasteiger partial charge in [0.25, 0.3) is 0 Å². The van der Waals surface area contributed by atoms with Crippen molar-refractivity contribution in [2.45, 2.75) is 19.8 Å². The minimum atomic E-state index is -0.395. The topological polar surface area (TPSA) is 64.9 Å². The van der Waals surface area contributed by atoms with Crippen molar-refractivity contribution in [1.29, 1.82) is 5.26 Å². The zero-order valence-electron chi connectivity index (χ0n) is 7.18. The SMILES string of the molecule is CC1(C(=O)NC#N)CCCNC1. The molecule has 1 rings (SSSR count). The molecule has 1 saturated heterocycles. The molecule has 1 aliphatic rings. The molecule has 0 spiro atoms. The Bertz CT molecular complexity index is 213. The Morgan fingerprint density at radius 2 is 2.50 bits per heavy atom. The molecule has 0 aromatic heterocycles. The number of hydrogen-bond acceptors (Lipinski definition) is 3. The third kappa shape index (κ3) is 1.74. The Morgan fingerprint density at radius 3 is 3.00 bits per heavy atom. The van der Waals surface area contributed by atoms with Crippen LogP contribution in [-0.2, 0) is 4.79 Å². The summed E-state index contributed by atoms with van der Waals surface area (Å²) in [6.07, 6.45) is 3.51. The van der Waals surface area contributed by atoms with Gasteiger partial charge in [-0.1, -0.05) is 0 Å². The predicted octanol–water partition coefficient (Wildman–Crippen LogP) is -0.0266. The summed E-state index contributed by atoms with van der Waals surface area (Å²) >= 11 is 0. The van der Waals surface area contributed by atoms with Crippen molar-refractivity contribution in [1.82, 2.24) is 10.6 Å². The smallest absolute Gasteiger partial charge is 0.240 e. The number of carbonyl (C=O) groups excluding carboxylic acids is 1. The highest BCUT2D eigenvalue weighted by Crippen LogP contribution is 2.25. The minimum absolute atomic E-state index is 0.169. The van der Waals surface area contributed by atoms with Gasteiger partial charge in [-0.2, -0.15) is 5.26 Å². The summed E-state index contributed by atoms with van der Waals surface area (Å²) < 4.78 is 0. The van der Waals surface area contributed by atoms with E-state index in [9.17, 15) is 4.79 Å². The maximum absolute atomic E-state index is 11.3. The van der Waals surface area contributed by atoms with Gasteiger partial charge in [-0.15, -0.1) is 0 Å². The lowest BCUT2D eigenvalue weighted by Crippen LogP contribution is -2.47. The third-order valence-electron chi connectivity index (χ3n) is 2.31. The number of piperidine rings is 1. The molecule has 0 aromatic rings. The van der Waals surface area contributed by atoms with Crippen molar-refractivity contribution < 1.29 is 4.79 Å². The molecule has 12 heavy (non-hydrogen) atoms. The maximum Gasteiger partial charge on any atom is 0.240 e. The standard InChI is InChI=1S/C8H13N3O/c1-8(7(12)11-6-9)3-2-4-10-5-8/h10H,2-5H2,1H3,(H,11,12). The molecule has 0 bridgehead atoms. The molecule has 1 unspecified atom stereocenters. The van der Waals surface area contributed by atoms with Crippen LogP contribution in [0.4, 0.5) is 0 Å². The first-order chi connectivity index (χ1) is 5.69. The largest absolute Gasteiger partial charge is 0.316 e. The van der Waals surface area contributed by atoms with Gasteiger partial charge in [-0.3, -0.25) is 10.1 Å². The van der Waals surface area contributed by atoms with Crippen LogP contribution in [0.15, 0.2) is 0 Å². The molecule has 1 aliphatic heterocycles. The van der Waals surface area contributed by atoms with Gasteiger partial charge in [0.2, 0.25) is 5.91 Å². The van der Waals surface area contributed by atoms with Gasteiger partial charge in [0.1, 0.15) is 0 Å². The van der Waals surface area contributed by atoms with Crippen LogP contribution in [-0.4, -0.2) is 19.0 Å². The average Bonchev–Trinajstić information content (AvgIpc) is 2.06. The first kappa shape index (κ1) is 9.01. The number of nitrogens with zero attached hydrogens (tertiary/aromatic N) is 1. The van der Waals surface area contributed by atoms with E-state index in [4.69, 9.17) is 5.26 Å². The Kier molecular flexibility index (Phi) is 2.66. The van der Waals surface area contributed by atoms with Crippen LogP contribution in [0, 0.1) is 16.9 Å². The summed E-state index contributed by atoms with van der Waals surface area (Å²) in [5.41, 5.74) is -0.395. The van der Waals surface area contributed by atoms with E-state index in [1.165, 1.54) is 0 Å². The van der Waals surface area contributed by atoms with Gasteiger partial charge in [-0.05, 0) is 26.3 Å². The summed E-state index contributed by atoms with van der Waals surface area (Å²) in [4.78, 5) is 11.3. The van der Waals surface area contributed by atoms with E-state index in [0.717, 1.165) is 19.4 Å². The summed E-state index contributed by atoms with van der Waals surface area (Å²) in [6, 6.07) is 0. The van der Waals surface area contributed by atoms with E-state index in [-0.39, 0.29) is 5.91 Å². The summed E-state index contributed by atoms with van der Waals surface area (Å²) in [6.45, 7) is 3.52. The van der Waals surface area contributed by atoms with Crippen LogP contribution in [0.5, 0.6) is 0 Å². The Morgan fingerprint density at radius 1 is 1.75 bits per heavy atom. The van der Waals surface area contributed by atoms with E-state index in [0.29, 0.717) is 6.54 Å². The van der Waals surface area contributed by atoms with Crippen LogP contribution in [0.25, 0.3) is 0 Å². The van der Waals surface area contributed by atoms with Crippen molar-refractivity contribution in [3.63, 3.8) is 0 Å². The zero-order valence-corrected chi connectivity index (χ0v) is 7.18. The van der Waals surface area contributed by atoms with E-state index >= 15 is 0 Å². The monoisotopic (exact) mass is 167 g/mol. The molecule has 0 saturated carbocycles. The molecule has 4 nitrogen and oxygen atoms in total. The van der Waals surface area contributed by atoms with Crippen LogP contribution in [0.2, 0.25) is 0 Å². The average molecular weight is 167 g/mol. The highest BCUT2D eigenvalue weighted by Gasteiger charge is 2.34. The van der Waals surface area contributed by atoms with Crippen molar-refractivity contribution in [2.24, 2.45) is 5.41 Å². The number of rotatable bonds is 1. The fraction of sp³-hybridized carbons (Fsp3) is 0.750. The van der Waals surface area contributed by atoms with Gasteiger partial charge >= 0.3 is 0 Å². The fourth-order valence-electron chi connectivity index (χ4n) is 1.45. The molecule has 2 N–H and O–H groups in total. The third-order valence-corrected chi connectivity index (χ3v) is 2.31. The zero-order chi connectivity index (χ0) is 9.03. The second-order valence-electron chi connectivity index (χ2n) is 3.41. The second kappa shape index (κ2) is 3.55. The van der Waals surface area contributed by atoms with Gasteiger partial charge in [-0.25, -0.2) is 0 Å². The first-order valence-electron chi connectivity index (χ1n) is 4.09. The number of amides is 1. The molecular weight excluding hydrogens is 154 g/mol. The van der Waals surface area contributed by atoms with E-state index < -0.39 is 5.41 Å². The number of hydrogen-bond donors (Lipinski definition) is 2. The minimum Gasteiger partial charge on any atom is -0.316 e. The van der Waals surface area contributed by atoms with Crippen LogP contribution >= 0.6 is 0 Å². The molecule has 4 heteroatoms. The van der Waals surface area contributed by atoms with Crippen molar-refractivity contribution in [3.8, 4) is 6.19 Å². The van der Waals surface area contributed by atoms with Gasteiger partial charge in [0, 0.05) is 6.54 Å². The lowest BCUT2D eigenvalue weighted by Gasteiger charge is -2.31. The summed E-state index contributed by atoms with van der Waals surface area (Å²) in [5.74, 6) is -0.169. The Labute approximate surface area is 71.9 Å². The van der Waals surface area contributed by atoms with Crippen molar-refractivity contribution in [2.75, 3.05) is 13.1 Å². The lowest BCUT2D eigenvalue weighted by molar-refractivity contribution is -0.129.